The molecule has 1 aromatic carbocycles. The molecule has 0 saturated carbocycles. The lowest BCUT2D eigenvalue weighted by atomic mass is 9.94. The Morgan fingerprint density at radius 3 is 2.90 bits per heavy atom. The van der Waals surface area contributed by atoms with Gasteiger partial charge in [0.25, 0.3) is 0 Å². The van der Waals surface area contributed by atoms with E-state index in [0.717, 1.165) is 30.8 Å². The number of amides is 1. The highest BCUT2D eigenvalue weighted by molar-refractivity contribution is 5.85. The predicted octanol–water partition coefficient (Wildman–Crippen LogP) is 1.87. The lowest BCUT2D eigenvalue weighted by molar-refractivity contribution is -0.140. The van der Waals surface area contributed by atoms with Crippen molar-refractivity contribution in [2.24, 2.45) is 5.92 Å². The molecule has 1 fully saturated rings. The minimum absolute atomic E-state index is 0. The van der Waals surface area contributed by atoms with Crippen molar-refractivity contribution in [3.63, 3.8) is 0 Å². The summed E-state index contributed by atoms with van der Waals surface area (Å²) < 4.78 is 5.75. The summed E-state index contributed by atoms with van der Waals surface area (Å²) in [5.41, 5.74) is 1.15. The number of benzene rings is 1. The van der Waals surface area contributed by atoms with E-state index < -0.39 is 0 Å². The quantitative estimate of drug-likeness (QED) is 0.861. The first-order valence-corrected chi connectivity index (χ1v) is 7.39. The van der Waals surface area contributed by atoms with E-state index in [4.69, 9.17) is 4.74 Å². The standard InChI is InChI=1S/C16H22N2O2.ClH/c1-11-9-18(12(2)8-17-11)16(19)14-7-13-5-3-4-6-15(13)20-10-14;/h3-6,11-12,14,17H,7-10H2,1-2H3;1H. The summed E-state index contributed by atoms with van der Waals surface area (Å²) in [6, 6.07) is 8.64. The number of fused-ring (bicyclic) bond motifs is 1. The van der Waals surface area contributed by atoms with Gasteiger partial charge in [0.15, 0.2) is 0 Å². The highest BCUT2D eigenvalue weighted by atomic mass is 35.5. The van der Waals surface area contributed by atoms with Crippen LogP contribution in [0.1, 0.15) is 19.4 Å². The highest BCUT2D eigenvalue weighted by Crippen LogP contribution is 2.28. The first kappa shape index (κ1) is 16.1. The molecule has 2 aliphatic heterocycles. The van der Waals surface area contributed by atoms with E-state index in [2.05, 4.69) is 25.2 Å². The van der Waals surface area contributed by atoms with Crippen molar-refractivity contribution < 1.29 is 9.53 Å². The van der Waals surface area contributed by atoms with Gasteiger partial charge < -0.3 is 15.0 Å². The Kier molecular flexibility index (Phi) is 5.12. The van der Waals surface area contributed by atoms with E-state index in [0.29, 0.717) is 12.6 Å². The fourth-order valence-corrected chi connectivity index (χ4v) is 3.05. The maximum absolute atomic E-state index is 12.7. The molecule has 0 aromatic heterocycles. The Labute approximate surface area is 132 Å². The van der Waals surface area contributed by atoms with Gasteiger partial charge in [0, 0.05) is 25.2 Å². The number of hydrogen-bond donors (Lipinski definition) is 1. The smallest absolute Gasteiger partial charge is 0.229 e. The maximum atomic E-state index is 12.7. The van der Waals surface area contributed by atoms with Crippen LogP contribution in [0.15, 0.2) is 24.3 Å². The van der Waals surface area contributed by atoms with Crippen molar-refractivity contribution in [2.45, 2.75) is 32.4 Å². The van der Waals surface area contributed by atoms with Gasteiger partial charge in [-0.1, -0.05) is 18.2 Å². The van der Waals surface area contributed by atoms with Crippen molar-refractivity contribution in [3.8, 4) is 5.75 Å². The second kappa shape index (κ2) is 6.67. The van der Waals surface area contributed by atoms with Gasteiger partial charge in [0.05, 0.1) is 5.92 Å². The molecule has 1 saturated heterocycles. The average Bonchev–Trinajstić information content (AvgIpc) is 2.48. The molecule has 0 spiro atoms. The van der Waals surface area contributed by atoms with Crippen LogP contribution in [-0.2, 0) is 11.2 Å². The van der Waals surface area contributed by atoms with Crippen LogP contribution < -0.4 is 10.1 Å². The van der Waals surface area contributed by atoms with Crippen molar-refractivity contribution in [2.75, 3.05) is 19.7 Å². The lowest BCUT2D eigenvalue weighted by Gasteiger charge is -2.40. The third-order valence-electron chi connectivity index (χ3n) is 4.28. The zero-order valence-corrected chi connectivity index (χ0v) is 13.4. The predicted molar refractivity (Wildman–Crippen MR) is 85.0 cm³/mol. The van der Waals surface area contributed by atoms with Crippen LogP contribution >= 0.6 is 12.4 Å². The second-order valence-corrected chi connectivity index (χ2v) is 5.97. The molecular formula is C16H23ClN2O2. The number of nitrogens with one attached hydrogen (secondary N) is 1. The van der Waals surface area contributed by atoms with E-state index in [1.54, 1.807) is 0 Å². The van der Waals surface area contributed by atoms with Crippen molar-refractivity contribution in [3.05, 3.63) is 29.8 Å². The molecule has 1 N–H and O–H groups in total. The van der Waals surface area contributed by atoms with Gasteiger partial charge in [-0.05, 0) is 31.9 Å². The summed E-state index contributed by atoms with van der Waals surface area (Å²) in [6.07, 6.45) is 0.792. The molecule has 3 unspecified atom stereocenters. The summed E-state index contributed by atoms with van der Waals surface area (Å²) in [4.78, 5) is 14.8. The summed E-state index contributed by atoms with van der Waals surface area (Å²) >= 11 is 0. The third kappa shape index (κ3) is 3.33. The third-order valence-corrected chi connectivity index (χ3v) is 4.28. The number of hydrogen-bond acceptors (Lipinski definition) is 3. The van der Waals surface area contributed by atoms with Crippen LogP contribution in [0.5, 0.6) is 5.75 Å². The van der Waals surface area contributed by atoms with Crippen molar-refractivity contribution in [1.82, 2.24) is 10.2 Å². The van der Waals surface area contributed by atoms with Gasteiger partial charge in [-0.25, -0.2) is 0 Å². The first-order chi connectivity index (χ1) is 9.65. The molecule has 3 rings (SSSR count). The van der Waals surface area contributed by atoms with E-state index in [1.807, 2.05) is 23.1 Å². The van der Waals surface area contributed by atoms with Gasteiger partial charge in [-0.15, -0.1) is 12.4 Å². The number of ether oxygens (including phenoxy) is 1. The monoisotopic (exact) mass is 310 g/mol. The topological polar surface area (TPSA) is 41.6 Å². The zero-order chi connectivity index (χ0) is 14.1. The lowest BCUT2D eigenvalue weighted by Crippen LogP contribution is -2.58. The van der Waals surface area contributed by atoms with E-state index >= 15 is 0 Å². The minimum atomic E-state index is -0.0438. The van der Waals surface area contributed by atoms with Crippen molar-refractivity contribution >= 4 is 18.3 Å². The van der Waals surface area contributed by atoms with Gasteiger partial charge in [0.2, 0.25) is 5.91 Å². The number of halogens is 1. The van der Waals surface area contributed by atoms with E-state index in [1.165, 1.54) is 0 Å². The molecule has 4 nitrogen and oxygen atoms in total. The van der Waals surface area contributed by atoms with Crippen LogP contribution in [-0.4, -0.2) is 42.6 Å². The number of piperazine rings is 1. The minimum Gasteiger partial charge on any atom is -0.492 e. The largest absolute Gasteiger partial charge is 0.492 e. The molecule has 1 amide bonds. The second-order valence-electron chi connectivity index (χ2n) is 5.97. The van der Waals surface area contributed by atoms with Crippen LogP contribution in [0.2, 0.25) is 0 Å². The normalized spacial score (nSPS) is 28.1. The Bertz CT molecular complexity index is 509. The number of para-hydroxylation sites is 1. The molecule has 0 aliphatic carbocycles. The molecule has 5 heteroatoms. The van der Waals surface area contributed by atoms with Gasteiger partial charge in [-0.3, -0.25) is 4.79 Å². The molecule has 3 atom stereocenters. The van der Waals surface area contributed by atoms with Gasteiger partial charge in [0.1, 0.15) is 12.4 Å². The molecular weight excluding hydrogens is 288 g/mol. The molecule has 2 aliphatic rings. The Morgan fingerprint density at radius 2 is 2.10 bits per heavy atom. The molecule has 2 heterocycles. The summed E-state index contributed by atoms with van der Waals surface area (Å²) in [5, 5.41) is 3.41. The zero-order valence-electron chi connectivity index (χ0n) is 12.5. The molecule has 0 radical (unpaired) electrons. The van der Waals surface area contributed by atoms with Crippen LogP contribution in [0, 0.1) is 5.92 Å². The maximum Gasteiger partial charge on any atom is 0.229 e. The molecule has 1 aromatic rings. The van der Waals surface area contributed by atoms with Gasteiger partial charge in [-0.2, -0.15) is 0 Å². The molecule has 0 bridgehead atoms. The highest BCUT2D eigenvalue weighted by Gasteiger charge is 2.33. The fourth-order valence-electron chi connectivity index (χ4n) is 3.05. The number of carbonyl (C=O) groups excluding carboxylic acids is 1. The fraction of sp³-hybridized carbons (Fsp3) is 0.562. The average molecular weight is 311 g/mol. The number of rotatable bonds is 1. The Balaban J connectivity index is 0.00000161. The summed E-state index contributed by atoms with van der Waals surface area (Å²) in [5.74, 6) is 1.12. The van der Waals surface area contributed by atoms with Gasteiger partial charge >= 0.3 is 0 Å². The Morgan fingerprint density at radius 1 is 1.33 bits per heavy atom. The molecule has 116 valence electrons. The Hall–Kier alpha value is -1.26. The summed E-state index contributed by atoms with van der Waals surface area (Å²) in [6.45, 7) is 6.39. The van der Waals surface area contributed by atoms with Crippen LogP contribution in [0.4, 0.5) is 0 Å². The number of nitrogens with zero attached hydrogens (tertiary/aromatic N) is 1. The number of carbonyl (C=O) groups is 1. The summed E-state index contributed by atoms with van der Waals surface area (Å²) in [7, 11) is 0. The van der Waals surface area contributed by atoms with Crippen LogP contribution in [0.25, 0.3) is 0 Å². The molecule has 21 heavy (non-hydrogen) atoms. The van der Waals surface area contributed by atoms with Crippen LogP contribution in [0.3, 0.4) is 0 Å². The van der Waals surface area contributed by atoms with E-state index in [9.17, 15) is 4.79 Å². The first-order valence-electron chi connectivity index (χ1n) is 7.39. The van der Waals surface area contributed by atoms with Crippen molar-refractivity contribution in [1.29, 1.82) is 0 Å². The SMILES string of the molecule is CC1CN(C(=O)C2COc3ccccc3C2)C(C)CN1.Cl. The van der Waals surface area contributed by atoms with E-state index in [-0.39, 0.29) is 30.3 Å².